The molecular weight excluding hydrogens is 354 g/mol. The van der Waals surface area contributed by atoms with Gasteiger partial charge in [-0.25, -0.2) is 0 Å². The van der Waals surface area contributed by atoms with Crippen molar-refractivity contribution in [1.29, 1.82) is 0 Å². The van der Waals surface area contributed by atoms with Crippen molar-refractivity contribution in [3.63, 3.8) is 0 Å². The molecule has 0 aliphatic carbocycles. The fourth-order valence-electron chi connectivity index (χ4n) is 3.66. The minimum absolute atomic E-state index is 0.0746. The number of benzene rings is 2. The Hall–Kier alpha value is -2.63. The molecular formula is C23H25NO4. The van der Waals surface area contributed by atoms with Crippen LogP contribution >= 0.6 is 0 Å². The van der Waals surface area contributed by atoms with E-state index in [9.17, 15) is 4.79 Å². The van der Waals surface area contributed by atoms with E-state index in [-0.39, 0.29) is 5.78 Å². The molecule has 0 aromatic heterocycles. The summed E-state index contributed by atoms with van der Waals surface area (Å²) < 4.78 is 17.1. The van der Waals surface area contributed by atoms with E-state index < -0.39 is 0 Å². The van der Waals surface area contributed by atoms with E-state index in [0.717, 1.165) is 42.0 Å². The molecule has 2 aromatic rings. The highest BCUT2D eigenvalue weighted by molar-refractivity contribution is 6.15. The molecule has 0 amide bonds. The zero-order chi connectivity index (χ0) is 19.7. The second-order valence-electron chi connectivity index (χ2n) is 7.22. The third-order valence-electron chi connectivity index (χ3n) is 5.30. The molecule has 28 heavy (non-hydrogen) atoms. The number of ketones is 1. The second-order valence-corrected chi connectivity index (χ2v) is 7.22. The predicted molar refractivity (Wildman–Crippen MR) is 108 cm³/mol. The number of Topliss-reactive ketones (excluding diaryl/α,β-unsaturated/α-hetero) is 1. The van der Waals surface area contributed by atoms with E-state index in [1.807, 2.05) is 31.2 Å². The van der Waals surface area contributed by atoms with Gasteiger partial charge in [0.15, 0.2) is 5.76 Å². The van der Waals surface area contributed by atoms with Crippen LogP contribution in [0, 0.1) is 6.92 Å². The van der Waals surface area contributed by atoms with Gasteiger partial charge in [0.2, 0.25) is 5.78 Å². The molecule has 0 unspecified atom stereocenters. The molecule has 2 aliphatic rings. The summed E-state index contributed by atoms with van der Waals surface area (Å²) in [7, 11) is 1.69. The molecule has 0 fully saturated rings. The summed E-state index contributed by atoms with van der Waals surface area (Å²) in [6.45, 7) is 6.75. The van der Waals surface area contributed by atoms with Crippen molar-refractivity contribution in [1.82, 2.24) is 4.90 Å². The number of rotatable bonds is 5. The summed E-state index contributed by atoms with van der Waals surface area (Å²) in [5.41, 5.74) is 4.74. The molecule has 4 rings (SSSR count). The monoisotopic (exact) mass is 379 g/mol. The molecule has 0 N–H and O–H groups in total. The number of hydrogen-bond acceptors (Lipinski definition) is 5. The minimum Gasteiger partial charge on any atom is -0.477 e. The van der Waals surface area contributed by atoms with Crippen molar-refractivity contribution in [3.8, 4) is 11.5 Å². The van der Waals surface area contributed by atoms with Crippen LogP contribution in [0.4, 0.5) is 0 Å². The lowest BCUT2D eigenvalue weighted by Gasteiger charge is -2.30. The summed E-state index contributed by atoms with van der Waals surface area (Å²) in [4.78, 5) is 15.1. The lowest BCUT2D eigenvalue weighted by Crippen LogP contribution is -2.34. The Balaban J connectivity index is 1.62. The van der Waals surface area contributed by atoms with Gasteiger partial charge in [-0.3, -0.25) is 9.69 Å². The molecule has 5 nitrogen and oxygen atoms in total. The van der Waals surface area contributed by atoms with Gasteiger partial charge in [-0.1, -0.05) is 31.2 Å². The van der Waals surface area contributed by atoms with E-state index in [2.05, 4.69) is 24.0 Å². The molecule has 0 bridgehead atoms. The van der Waals surface area contributed by atoms with Crippen LogP contribution in [-0.2, 0) is 17.7 Å². The van der Waals surface area contributed by atoms with Gasteiger partial charge in [-0.05, 0) is 36.6 Å². The Bertz CT molecular complexity index is 931. The molecule has 2 aliphatic heterocycles. The van der Waals surface area contributed by atoms with Crippen molar-refractivity contribution in [2.75, 3.05) is 27.0 Å². The van der Waals surface area contributed by atoms with Crippen molar-refractivity contribution in [3.05, 3.63) is 63.9 Å². The van der Waals surface area contributed by atoms with Crippen molar-refractivity contribution in [2.24, 2.45) is 0 Å². The Labute approximate surface area is 165 Å². The molecule has 0 saturated heterocycles. The summed E-state index contributed by atoms with van der Waals surface area (Å²) in [6.07, 6.45) is 2.80. The average Bonchev–Trinajstić information content (AvgIpc) is 3.03. The topological polar surface area (TPSA) is 48.0 Å². The molecule has 0 radical (unpaired) electrons. The maximum Gasteiger partial charge on any atom is 0.231 e. The van der Waals surface area contributed by atoms with E-state index in [1.54, 1.807) is 7.11 Å². The van der Waals surface area contributed by atoms with Crippen LogP contribution in [0.3, 0.4) is 0 Å². The molecule has 2 aromatic carbocycles. The summed E-state index contributed by atoms with van der Waals surface area (Å²) >= 11 is 0. The number of carbonyl (C=O) groups is 1. The number of aryl methyl sites for hydroxylation is 1. The third-order valence-corrected chi connectivity index (χ3v) is 5.30. The van der Waals surface area contributed by atoms with Crippen LogP contribution in [0.1, 0.15) is 39.5 Å². The van der Waals surface area contributed by atoms with Gasteiger partial charge < -0.3 is 14.2 Å². The molecule has 0 spiro atoms. The number of carbonyl (C=O) groups excluding carboxylic acids is 1. The largest absolute Gasteiger partial charge is 0.477 e. The van der Waals surface area contributed by atoms with E-state index in [1.165, 1.54) is 5.56 Å². The van der Waals surface area contributed by atoms with Crippen LogP contribution in [0.25, 0.3) is 6.08 Å². The van der Waals surface area contributed by atoms with Gasteiger partial charge in [-0.15, -0.1) is 0 Å². The highest BCUT2D eigenvalue weighted by Crippen LogP contribution is 2.43. The summed E-state index contributed by atoms with van der Waals surface area (Å²) in [6, 6.07) is 10.1. The van der Waals surface area contributed by atoms with Crippen molar-refractivity contribution >= 4 is 11.9 Å². The lowest BCUT2D eigenvalue weighted by molar-refractivity contribution is 0.0649. The molecule has 0 atom stereocenters. The Kier molecular flexibility index (Phi) is 5.20. The minimum atomic E-state index is -0.0746. The number of nitrogens with zero attached hydrogens (tertiary/aromatic N) is 1. The molecule has 5 heteroatoms. The zero-order valence-electron chi connectivity index (χ0n) is 16.6. The first-order valence-electron chi connectivity index (χ1n) is 9.64. The number of methoxy groups -OCH3 is 1. The number of ether oxygens (including phenoxy) is 3. The van der Waals surface area contributed by atoms with Gasteiger partial charge in [0.1, 0.15) is 18.2 Å². The number of hydrogen-bond donors (Lipinski definition) is 0. The second kappa shape index (κ2) is 7.78. The first-order chi connectivity index (χ1) is 13.6. The highest BCUT2D eigenvalue weighted by Gasteiger charge is 2.33. The molecule has 146 valence electrons. The highest BCUT2D eigenvalue weighted by atomic mass is 16.5. The smallest absolute Gasteiger partial charge is 0.231 e. The summed E-state index contributed by atoms with van der Waals surface area (Å²) in [5.74, 6) is 1.73. The van der Waals surface area contributed by atoms with E-state index >= 15 is 0 Å². The van der Waals surface area contributed by atoms with Crippen molar-refractivity contribution < 1.29 is 19.0 Å². The number of allylic oxidation sites excluding steroid dienone is 1. The fraction of sp³-hybridized carbons (Fsp3) is 0.348. The van der Waals surface area contributed by atoms with Crippen LogP contribution in [0.2, 0.25) is 0 Å². The van der Waals surface area contributed by atoms with E-state index in [0.29, 0.717) is 30.4 Å². The third kappa shape index (κ3) is 3.43. The van der Waals surface area contributed by atoms with Gasteiger partial charge in [0.05, 0.1) is 12.2 Å². The van der Waals surface area contributed by atoms with Crippen molar-refractivity contribution in [2.45, 2.75) is 26.8 Å². The SMILES string of the molecule is CCc1ccc(/C=C2\Oc3c(cc4c(c3C)OCN(CCOC)C4)C2=O)cc1. The van der Waals surface area contributed by atoms with Crippen LogP contribution in [-0.4, -0.2) is 37.7 Å². The van der Waals surface area contributed by atoms with Gasteiger partial charge >= 0.3 is 0 Å². The van der Waals surface area contributed by atoms with Gasteiger partial charge in [-0.2, -0.15) is 0 Å². The standard InChI is InChI=1S/C23H25NO4/c1-4-16-5-7-17(8-6-16)11-20-21(25)19-12-18-13-24(9-10-26-3)14-27-22(18)15(2)23(19)28-20/h5-8,11-12H,4,9-10,13-14H2,1-3H3/b20-11-. The van der Waals surface area contributed by atoms with Crippen LogP contribution in [0.15, 0.2) is 36.1 Å². The van der Waals surface area contributed by atoms with E-state index in [4.69, 9.17) is 14.2 Å². The van der Waals surface area contributed by atoms with Gasteiger partial charge in [0.25, 0.3) is 0 Å². The Morgan fingerprint density at radius 3 is 2.71 bits per heavy atom. The van der Waals surface area contributed by atoms with Crippen LogP contribution < -0.4 is 9.47 Å². The normalized spacial score (nSPS) is 17.2. The number of fused-ring (bicyclic) bond motifs is 2. The molecule has 2 heterocycles. The lowest BCUT2D eigenvalue weighted by atomic mass is 10.00. The summed E-state index contributed by atoms with van der Waals surface area (Å²) in [5, 5.41) is 0. The quantitative estimate of drug-likeness (QED) is 0.736. The van der Waals surface area contributed by atoms with Gasteiger partial charge in [0, 0.05) is 31.3 Å². The predicted octanol–water partition coefficient (Wildman–Crippen LogP) is 3.97. The Morgan fingerprint density at radius 1 is 1.21 bits per heavy atom. The van der Waals surface area contributed by atoms with Crippen LogP contribution in [0.5, 0.6) is 11.5 Å². The first-order valence-corrected chi connectivity index (χ1v) is 9.64. The Morgan fingerprint density at radius 2 is 2.00 bits per heavy atom. The first kappa shape index (κ1) is 18.7. The molecule has 0 saturated carbocycles. The maximum atomic E-state index is 12.9. The average molecular weight is 379 g/mol. The maximum absolute atomic E-state index is 12.9. The fourth-order valence-corrected chi connectivity index (χ4v) is 3.66. The zero-order valence-corrected chi connectivity index (χ0v) is 16.6.